The molecule has 1 aliphatic heterocycles. The summed E-state index contributed by atoms with van der Waals surface area (Å²) in [5.41, 5.74) is 10.3. The molecule has 0 spiro atoms. The van der Waals surface area contributed by atoms with Crippen molar-refractivity contribution in [3.63, 3.8) is 0 Å². The second-order valence-corrected chi connectivity index (χ2v) is 9.22. The number of benzene rings is 1. The standard InChI is InChI=1S/C26H29N7O2/c1-17-21(18(2)35-30-17)10-12-32-16-29-23-22(13-27)25(31-11-6-9-20(28)15-31)33(24(23)26(32)34)14-19-7-4-3-5-8-19/h3-5,7-8,16,20H,6,9-12,14-15,28H2,1-2H3/t20-/m0/s1. The van der Waals surface area contributed by atoms with E-state index in [1.807, 2.05) is 48.7 Å². The molecular weight excluding hydrogens is 442 g/mol. The van der Waals surface area contributed by atoms with Crippen molar-refractivity contribution in [2.45, 2.75) is 52.2 Å². The maximum absolute atomic E-state index is 13.8. The zero-order valence-electron chi connectivity index (χ0n) is 20.1. The molecule has 1 aliphatic rings. The first-order chi connectivity index (χ1) is 17.0. The van der Waals surface area contributed by atoms with Gasteiger partial charge in [-0.3, -0.25) is 9.36 Å². The SMILES string of the molecule is Cc1noc(C)c1CCn1cnc2c(C#N)c(N3CCC[C@H](N)C3)n(Cc3ccccc3)c2c1=O. The molecule has 5 rings (SSSR count). The second kappa shape index (κ2) is 9.39. The highest BCUT2D eigenvalue weighted by molar-refractivity contribution is 5.89. The number of anilines is 1. The molecule has 0 radical (unpaired) electrons. The van der Waals surface area contributed by atoms with Gasteiger partial charge in [0.05, 0.1) is 12.0 Å². The Kier molecular flexibility index (Phi) is 6.14. The van der Waals surface area contributed by atoms with Gasteiger partial charge in [0.2, 0.25) is 0 Å². The summed E-state index contributed by atoms with van der Waals surface area (Å²) in [5, 5.41) is 14.2. The molecule has 9 heteroatoms. The van der Waals surface area contributed by atoms with E-state index in [0.29, 0.717) is 42.7 Å². The van der Waals surface area contributed by atoms with E-state index in [1.54, 1.807) is 10.9 Å². The highest BCUT2D eigenvalue weighted by Crippen LogP contribution is 2.32. The number of fused-ring (bicyclic) bond motifs is 1. The van der Waals surface area contributed by atoms with Crippen molar-refractivity contribution in [1.29, 1.82) is 5.26 Å². The Morgan fingerprint density at radius 3 is 2.74 bits per heavy atom. The molecule has 4 aromatic rings. The predicted octanol–water partition coefficient (Wildman–Crippen LogP) is 2.89. The van der Waals surface area contributed by atoms with Crippen LogP contribution in [0.3, 0.4) is 0 Å². The normalized spacial score (nSPS) is 16.1. The average Bonchev–Trinajstić information content (AvgIpc) is 3.35. The van der Waals surface area contributed by atoms with Crippen molar-refractivity contribution in [2.75, 3.05) is 18.0 Å². The molecule has 35 heavy (non-hydrogen) atoms. The summed E-state index contributed by atoms with van der Waals surface area (Å²) in [6, 6.07) is 12.3. The number of hydrogen-bond acceptors (Lipinski definition) is 7. The Hall–Kier alpha value is -3.90. The molecule has 2 N–H and O–H groups in total. The lowest BCUT2D eigenvalue weighted by Gasteiger charge is -2.33. The minimum absolute atomic E-state index is 0.0261. The van der Waals surface area contributed by atoms with E-state index >= 15 is 0 Å². The van der Waals surface area contributed by atoms with E-state index in [9.17, 15) is 10.1 Å². The smallest absolute Gasteiger partial charge is 0.277 e. The van der Waals surface area contributed by atoms with Crippen LogP contribution < -0.4 is 16.2 Å². The van der Waals surface area contributed by atoms with Crippen LogP contribution in [-0.2, 0) is 19.5 Å². The number of nitrogens with two attached hydrogens (primary N) is 1. The second-order valence-electron chi connectivity index (χ2n) is 9.22. The Labute approximate surface area is 203 Å². The zero-order chi connectivity index (χ0) is 24.5. The monoisotopic (exact) mass is 471 g/mol. The number of aryl methyl sites for hydroxylation is 3. The Morgan fingerprint density at radius 2 is 2.06 bits per heavy atom. The largest absolute Gasteiger partial charge is 0.361 e. The third-order valence-corrected chi connectivity index (χ3v) is 6.84. The van der Waals surface area contributed by atoms with Crippen LogP contribution >= 0.6 is 0 Å². The minimum Gasteiger partial charge on any atom is -0.361 e. The topological polar surface area (TPSA) is 119 Å². The molecule has 1 aromatic carbocycles. The maximum Gasteiger partial charge on any atom is 0.277 e. The van der Waals surface area contributed by atoms with Gasteiger partial charge >= 0.3 is 0 Å². The van der Waals surface area contributed by atoms with E-state index in [4.69, 9.17) is 10.3 Å². The van der Waals surface area contributed by atoms with Crippen molar-refractivity contribution < 1.29 is 4.52 Å². The van der Waals surface area contributed by atoms with Crippen molar-refractivity contribution in [3.8, 4) is 6.07 Å². The summed E-state index contributed by atoms with van der Waals surface area (Å²) in [6.07, 6.45) is 4.03. The molecule has 0 saturated carbocycles. The van der Waals surface area contributed by atoms with E-state index in [-0.39, 0.29) is 11.6 Å². The lowest BCUT2D eigenvalue weighted by molar-refractivity contribution is 0.392. The van der Waals surface area contributed by atoms with Crippen LogP contribution in [0.2, 0.25) is 0 Å². The quantitative estimate of drug-likeness (QED) is 0.459. The zero-order valence-corrected chi connectivity index (χ0v) is 20.1. The number of hydrogen-bond donors (Lipinski definition) is 1. The fraction of sp³-hybridized carbons (Fsp3) is 0.385. The summed E-state index contributed by atoms with van der Waals surface area (Å²) in [5.74, 6) is 1.49. The first-order valence-electron chi connectivity index (χ1n) is 12.0. The van der Waals surface area contributed by atoms with Gasteiger partial charge in [-0.2, -0.15) is 5.26 Å². The maximum atomic E-state index is 13.8. The van der Waals surface area contributed by atoms with Crippen LogP contribution in [0.4, 0.5) is 5.82 Å². The minimum atomic E-state index is -0.165. The van der Waals surface area contributed by atoms with Crippen LogP contribution in [0.15, 0.2) is 46.0 Å². The molecule has 0 bridgehead atoms. The van der Waals surface area contributed by atoms with E-state index in [1.165, 1.54) is 0 Å². The molecule has 0 amide bonds. The highest BCUT2D eigenvalue weighted by atomic mass is 16.5. The Bertz CT molecular complexity index is 1440. The third kappa shape index (κ3) is 4.21. The Morgan fingerprint density at radius 1 is 1.26 bits per heavy atom. The predicted molar refractivity (Wildman–Crippen MR) is 133 cm³/mol. The van der Waals surface area contributed by atoms with E-state index < -0.39 is 0 Å². The summed E-state index contributed by atoms with van der Waals surface area (Å²) in [7, 11) is 0. The average molecular weight is 472 g/mol. The number of nitrogens with zero attached hydrogens (tertiary/aromatic N) is 6. The number of piperidine rings is 1. The van der Waals surface area contributed by atoms with Gasteiger partial charge in [0.25, 0.3) is 5.56 Å². The molecule has 1 fully saturated rings. The highest BCUT2D eigenvalue weighted by Gasteiger charge is 2.28. The van der Waals surface area contributed by atoms with Gasteiger partial charge in [-0.15, -0.1) is 0 Å². The molecule has 1 saturated heterocycles. The first-order valence-corrected chi connectivity index (χ1v) is 12.0. The van der Waals surface area contributed by atoms with Gasteiger partial charge in [-0.05, 0) is 38.7 Å². The van der Waals surface area contributed by atoms with Crippen molar-refractivity contribution >= 4 is 16.9 Å². The number of aromatic nitrogens is 4. The van der Waals surface area contributed by atoms with E-state index in [0.717, 1.165) is 47.8 Å². The van der Waals surface area contributed by atoms with Gasteiger partial charge in [-0.1, -0.05) is 35.5 Å². The van der Waals surface area contributed by atoms with E-state index in [2.05, 4.69) is 21.1 Å². The lowest BCUT2D eigenvalue weighted by Crippen LogP contribution is -2.44. The molecule has 180 valence electrons. The van der Waals surface area contributed by atoms with Crippen molar-refractivity contribution in [1.82, 2.24) is 19.3 Å². The molecule has 1 atom stereocenters. The molecule has 3 aromatic heterocycles. The fourth-order valence-corrected chi connectivity index (χ4v) is 5.06. The summed E-state index contributed by atoms with van der Waals surface area (Å²) in [6.45, 7) is 6.10. The first kappa shape index (κ1) is 22.9. The third-order valence-electron chi connectivity index (χ3n) is 6.84. The van der Waals surface area contributed by atoms with Crippen LogP contribution in [0.1, 0.15) is 41.0 Å². The van der Waals surface area contributed by atoms with Crippen LogP contribution in [-0.4, -0.2) is 38.4 Å². The van der Waals surface area contributed by atoms with Gasteiger partial charge in [-0.25, -0.2) is 4.98 Å². The fourth-order valence-electron chi connectivity index (χ4n) is 5.06. The van der Waals surface area contributed by atoms with Crippen molar-refractivity contribution in [2.24, 2.45) is 5.73 Å². The van der Waals surface area contributed by atoms with Crippen molar-refractivity contribution in [3.05, 3.63) is 75.2 Å². The summed E-state index contributed by atoms with van der Waals surface area (Å²) < 4.78 is 8.85. The van der Waals surface area contributed by atoms with Gasteiger partial charge in [0.15, 0.2) is 0 Å². The van der Waals surface area contributed by atoms with Crippen LogP contribution in [0.5, 0.6) is 0 Å². The van der Waals surface area contributed by atoms with Gasteiger partial charge < -0.3 is 19.7 Å². The molecule has 4 heterocycles. The molecular formula is C26H29N7O2. The number of rotatable bonds is 6. The van der Waals surface area contributed by atoms with Gasteiger partial charge in [0.1, 0.15) is 34.2 Å². The summed E-state index contributed by atoms with van der Waals surface area (Å²) >= 11 is 0. The van der Waals surface area contributed by atoms with Gasteiger partial charge in [0, 0.05) is 37.8 Å². The lowest BCUT2D eigenvalue weighted by atomic mass is 10.1. The van der Waals surface area contributed by atoms with Crippen LogP contribution in [0.25, 0.3) is 11.0 Å². The summed E-state index contributed by atoms with van der Waals surface area (Å²) in [4.78, 5) is 20.6. The molecule has 0 unspecified atom stereocenters. The number of nitriles is 1. The van der Waals surface area contributed by atoms with Crippen LogP contribution in [0, 0.1) is 25.2 Å². The molecule has 0 aliphatic carbocycles. The Balaban J connectivity index is 1.65. The molecule has 9 nitrogen and oxygen atoms in total.